The molecule has 4 nitrogen and oxygen atoms in total. The molecule has 0 bridgehead atoms. The zero-order chi connectivity index (χ0) is 12.3. The van der Waals surface area contributed by atoms with E-state index in [1.165, 1.54) is 4.90 Å². The number of rotatable bonds is 2. The Morgan fingerprint density at radius 2 is 1.81 bits per heavy atom. The number of anilines is 1. The number of ether oxygens (including phenoxy) is 1. The number of nitrogens with zero attached hydrogens (tertiary/aromatic N) is 2. The second-order valence-corrected chi connectivity index (χ2v) is 4.11. The summed E-state index contributed by atoms with van der Waals surface area (Å²) < 4.78 is 5.18. The third kappa shape index (κ3) is 2.89. The Morgan fingerprint density at radius 1 is 1.19 bits per heavy atom. The van der Waals surface area contributed by atoms with Gasteiger partial charge in [0.1, 0.15) is 5.75 Å². The zero-order valence-corrected chi connectivity index (χ0v) is 10.4. The van der Waals surface area contributed by atoms with Crippen molar-refractivity contribution in [1.29, 1.82) is 0 Å². The lowest BCUT2D eigenvalue weighted by Gasteiger charge is -2.17. The predicted octanol–water partition coefficient (Wildman–Crippen LogP) is 2.12. The zero-order valence-electron chi connectivity index (χ0n) is 10.4. The van der Waals surface area contributed by atoms with E-state index in [0.29, 0.717) is 5.75 Å². The Labute approximate surface area is 96.4 Å². The van der Waals surface area contributed by atoms with E-state index >= 15 is 0 Å². The third-order valence-corrected chi connectivity index (χ3v) is 2.23. The Morgan fingerprint density at radius 3 is 2.31 bits per heavy atom. The summed E-state index contributed by atoms with van der Waals surface area (Å²) in [6.07, 6.45) is -0.367. The molecule has 1 aromatic rings. The molecule has 0 aromatic heterocycles. The number of aryl methyl sites for hydroxylation is 1. The van der Waals surface area contributed by atoms with Gasteiger partial charge in [0.25, 0.3) is 0 Å². The van der Waals surface area contributed by atoms with Gasteiger partial charge in [0.15, 0.2) is 0 Å². The van der Waals surface area contributed by atoms with Gasteiger partial charge in [-0.15, -0.1) is 0 Å². The van der Waals surface area contributed by atoms with Crippen LogP contribution in [0, 0.1) is 6.92 Å². The standard InChI is InChI=1S/C12H18N2O2/c1-9-6-7-10(8-11(9)13(2)3)16-12(15)14(4)5/h6-8H,1-5H3. The average Bonchev–Trinajstić information content (AvgIpc) is 2.20. The lowest BCUT2D eigenvalue weighted by molar-refractivity contribution is 0.172. The average molecular weight is 222 g/mol. The Kier molecular flexibility index (Phi) is 3.77. The van der Waals surface area contributed by atoms with Crippen molar-refractivity contribution >= 4 is 11.8 Å². The normalized spacial score (nSPS) is 9.81. The highest BCUT2D eigenvalue weighted by Crippen LogP contribution is 2.24. The van der Waals surface area contributed by atoms with Gasteiger partial charge in [0.2, 0.25) is 0 Å². The molecule has 0 aliphatic rings. The first-order valence-electron chi connectivity index (χ1n) is 5.09. The molecular formula is C12H18N2O2. The van der Waals surface area contributed by atoms with Gasteiger partial charge in [-0.1, -0.05) is 6.07 Å². The van der Waals surface area contributed by atoms with Gasteiger partial charge in [-0.2, -0.15) is 0 Å². The summed E-state index contributed by atoms with van der Waals surface area (Å²) in [6, 6.07) is 5.59. The van der Waals surface area contributed by atoms with Gasteiger partial charge in [-0.05, 0) is 18.6 Å². The van der Waals surface area contributed by atoms with Crippen LogP contribution >= 0.6 is 0 Å². The summed E-state index contributed by atoms with van der Waals surface area (Å²) >= 11 is 0. The fraction of sp³-hybridized carbons (Fsp3) is 0.417. The summed E-state index contributed by atoms with van der Waals surface area (Å²) in [7, 11) is 7.23. The SMILES string of the molecule is Cc1ccc(OC(=O)N(C)C)cc1N(C)C. The number of carbonyl (C=O) groups is 1. The fourth-order valence-electron chi connectivity index (χ4n) is 1.33. The summed E-state index contributed by atoms with van der Waals surface area (Å²) in [4.78, 5) is 14.8. The minimum atomic E-state index is -0.367. The summed E-state index contributed by atoms with van der Waals surface area (Å²) in [5.41, 5.74) is 2.19. The van der Waals surface area contributed by atoms with Crippen molar-refractivity contribution in [3.8, 4) is 5.75 Å². The highest BCUT2D eigenvalue weighted by Gasteiger charge is 2.08. The number of benzene rings is 1. The first-order chi connectivity index (χ1) is 7.41. The van der Waals surface area contributed by atoms with Crippen molar-refractivity contribution in [2.45, 2.75) is 6.92 Å². The first kappa shape index (κ1) is 12.4. The number of hydrogen-bond donors (Lipinski definition) is 0. The Bertz CT molecular complexity index is 387. The summed E-state index contributed by atoms with van der Waals surface area (Å²) in [6.45, 7) is 2.02. The number of hydrogen-bond acceptors (Lipinski definition) is 3. The summed E-state index contributed by atoms with van der Waals surface area (Å²) in [5.74, 6) is 0.563. The molecule has 0 unspecified atom stereocenters. The molecule has 0 atom stereocenters. The minimum Gasteiger partial charge on any atom is -0.410 e. The molecule has 0 saturated heterocycles. The molecule has 16 heavy (non-hydrogen) atoms. The van der Waals surface area contributed by atoms with Crippen LogP contribution in [0.3, 0.4) is 0 Å². The quantitative estimate of drug-likeness (QED) is 0.768. The molecule has 1 aromatic carbocycles. The van der Waals surface area contributed by atoms with Crippen LogP contribution in [0.1, 0.15) is 5.56 Å². The van der Waals surface area contributed by atoms with Crippen molar-refractivity contribution in [2.75, 3.05) is 33.1 Å². The van der Waals surface area contributed by atoms with Gasteiger partial charge >= 0.3 is 6.09 Å². The van der Waals surface area contributed by atoms with Gasteiger partial charge in [-0.25, -0.2) is 4.79 Å². The van der Waals surface area contributed by atoms with E-state index < -0.39 is 0 Å². The molecular weight excluding hydrogens is 204 g/mol. The van der Waals surface area contributed by atoms with Gasteiger partial charge in [0.05, 0.1) is 0 Å². The van der Waals surface area contributed by atoms with E-state index in [2.05, 4.69) is 0 Å². The summed E-state index contributed by atoms with van der Waals surface area (Å²) in [5, 5.41) is 0. The molecule has 0 radical (unpaired) electrons. The van der Waals surface area contributed by atoms with Crippen molar-refractivity contribution in [3.05, 3.63) is 23.8 Å². The lowest BCUT2D eigenvalue weighted by atomic mass is 10.2. The van der Waals surface area contributed by atoms with Crippen LogP contribution in [0.4, 0.5) is 10.5 Å². The highest BCUT2D eigenvalue weighted by molar-refractivity contribution is 5.71. The van der Waals surface area contributed by atoms with Crippen LogP contribution in [0.5, 0.6) is 5.75 Å². The van der Waals surface area contributed by atoms with E-state index in [-0.39, 0.29) is 6.09 Å². The van der Waals surface area contributed by atoms with Gasteiger partial charge in [0, 0.05) is 39.9 Å². The number of amides is 1. The first-order valence-corrected chi connectivity index (χ1v) is 5.09. The number of carbonyl (C=O) groups excluding carboxylic acids is 1. The van der Waals surface area contributed by atoms with Crippen LogP contribution in [0.25, 0.3) is 0 Å². The molecule has 4 heteroatoms. The molecule has 88 valence electrons. The molecule has 0 spiro atoms. The Balaban J connectivity index is 2.91. The van der Waals surface area contributed by atoms with Gasteiger partial charge < -0.3 is 14.5 Å². The smallest absolute Gasteiger partial charge is 0.410 e. The molecule has 0 aliphatic carbocycles. The van der Waals surface area contributed by atoms with E-state index in [1.807, 2.05) is 38.1 Å². The molecule has 1 rings (SSSR count). The molecule has 0 heterocycles. The van der Waals surface area contributed by atoms with Gasteiger partial charge in [-0.3, -0.25) is 0 Å². The molecule has 0 fully saturated rings. The molecule has 0 aliphatic heterocycles. The van der Waals surface area contributed by atoms with E-state index in [4.69, 9.17) is 4.74 Å². The maximum atomic E-state index is 11.4. The maximum absolute atomic E-state index is 11.4. The van der Waals surface area contributed by atoms with E-state index in [1.54, 1.807) is 20.2 Å². The largest absolute Gasteiger partial charge is 0.414 e. The van der Waals surface area contributed by atoms with Crippen LogP contribution in [0.2, 0.25) is 0 Å². The van der Waals surface area contributed by atoms with E-state index in [9.17, 15) is 4.79 Å². The van der Waals surface area contributed by atoms with Crippen molar-refractivity contribution in [1.82, 2.24) is 4.90 Å². The lowest BCUT2D eigenvalue weighted by Crippen LogP contribution is -2.25. The maximum Gasteiger partial charge on any atom is 0.414 e. The predicted molar refractivity (Wildman–Crippen MR) is 65.2 cm³/mol. The van der Waals surface area contributed by atoms with Crippen molar-refractivity contribution < 1.29 is 9.53 Å². The van der Waals surface area contributed by atoms with Crippen molar-refractivity contribution in [2.24, 2.45) is 0 Å². The molecule has 0 N–H and O–H groups in total. The van der Waals surface area contributed by atoms with Crippen LogP contribution in [0.15, 0.2) is 18.2 Å². The third-order valence-electron chi connectivity index (χ3n) is 2.23. The fourth-order valence-corrected chi connectivity index (χ4v) is 1.33. The van der Waals surface area contributed by atoms with Crippen LogP contribution < -0.4 is 9.64 Å². The van der Waals surface area contributed by atoms with Crippen LogP contribution in [-0.2, 0) is 0 Å². The van der Waals surface area contributed by atoms with Crippen molar-refractivity contribution in [3.63, 3.8) is 0 Å². The topological polar surface area (TPSA) is 32.8 Å². The second-order valence-electron chi connectivity index (χ2n) is 4.11. The van der Waals surface area contributed by atoms with Crippen LogP contribution in [-0.4, -0.2) is 39.2 Å². The Hall–Kier alpha value is -1.71. The van der Waals surface area contributed by atoms with E-state index in [0.717, 1.165) is 11.3 Å². The molecule has 1 amide bonds. The molecule has 0 saturated carbocycles. The highest BCUT2D eigenvalue weighted by atomic mass is 16.6. The monoisotopic (exact) mass is 222 g/mol. The minimum absolute atomic E-state index is 0.367. The second kappa shape index (κ2) is 4.88.